The van der Waals surface area contributed by atoms with E-state index >= 15 is 0 Å². The monoisotopic (exact) mass is 276 g/mol. The summed E-state index contributed by atoms with van der Waals surface area (Å²) in [7, 11) is 0. The average molecular weight is 276 g/mol. The van der Waals surface area contributed by atoms with Gasteiger partial charge in [0, 0.05) is 24.0 Å². The van der Waals surface area contributed by atoms with Crippen LogP contribution in [0.1, 0.15) is 18.5 Å². The molecule has 3 aromatic rings. The first-order chi connectivity index (χ1) is 10.3. The van der Waals surface area contributed by atoms with Crippen molar-refractivity contribution in [3.63, 3.8) is 0 Å². The predicted molar refractivity (Wildman–Crippen MR) is 83.7 cm³/mol. The summed E-state index contributed by atoms with van der Waals surface area (Å²) in [6, 6.07) is 14.1. The van der Waals surface area contributed by atoms with Gasteiger partial charge in [-0.25, -0.2) is 9.97 Å². The molecular weight excluding hydrogens is 260 g/mol. The Morgan fingerprint density at radius 1 is 0.905 bits per heavy atom. The highest BCUT2D eigenvalue weighted by atomic mass is 15.0. The third kappa shape index (κ3) is 3.23. The molecule has 0 fully saturated rings. The summed E-state index contributed by atoms with van der Waals surface area (Å²) in [4.78, 5) is 12.8. The molecule has 0 saturated carbocycles. The second-order valence-electron chi connectivity index (χ2n) is 4.81. The van der Waals surface area contributed by atoms with Crippen LogP contribution in [0.5, 0.6) is 0 Å². The number of hydrogen-bond donors (Lipinski definition) is 1. The van der Waals surface area contributed by atoms with E-state index in [2.05, 4.69) is 27.2 Å². The van der Waals surface area contributed by atoms with E-state index in [1.54, 1.807) is 12.4 Å². The van der Waals surface area contributed by atoms with Crippen molar-refractivity contribution in [3.8, 4) is 11.4 Å². The van der Waals surface area contributed by atoms with Gasteiger partial charge < -0.3 is 5.32 Å². The molecule has 0 aliphatic heterocycles. The molecule has 4 heteroatoms. The number of hydrogen-bond acceptors (Lipinski definition) is 4. The minimum Gasteiger partial charge on any atom is -0.376 e. The van der Waals surface area contributed by atoms with E-state index in [-0.39, 0.29) is 6.04 Å². The Bertz CT molecular complexity index is 681. The number of aromatic nitrogens is 3. The fraction of sp³-hybridized carbons (Fsp3) is 0.118. The molecule has 1 N–H and O–H groups in total. The first-order valence-corrected chi connectivity index (χ1v) is 6.87. The summed E-state index contributed by atoms with van der Waals surface area (Å²) in [6.45, 7) is 2.10. The molecule has 4 nitrogen and oxygen atoms in total. The number of nitrogens with zero attached hydrogens (tertiary/aromatic N) is 3. The average Bonchev–Trinajstić information content (AvgIpc) is 2.57. The van der Waals surface area contributed by atoms with Crippen LogP contribution in [0.2, 0.25) is 0 Å². The number of rotatable bonds is 4. The van der Waals surface area contributed by atoms with Crippen LogP contribution in [0.15, 0.2) is 67.3 Å². The fourth-order valence-corrected chi connectivity index (χ4v) is 2.12. The third-order valence-electron chi connectivity index (χ3n) is 3.27. The van der Waals surface area contributed by atoms with Crippen molar-refractivity contribution in [1.29, 1.82) is 0 Å². The maximum Gasteiger partial charge on any atom is 0.159 e. The zero-order chi connectivity index (χ0) is 14.5. The predicted octanol–water partition coefficient (Wildman–Crippen LogP) is 3.71. The normalized spacial score (nSPS) is 11.9. The Morgan fingerprint density at radius 2 is 1.57 bits per heavy atom. The maximum atomic E-state index is 4.41. The fourth-order valence-electron chi connectivity index (χ4n) is 2.12. The standard InChI is InChI=1S/C17H16N4/c1-13(14-7-9-18-10-8-14)21-16-11-19-17(20-12-16)15-5-3-2-4-6-15/h2-13,21H,1H3. The quantitative estimate of drug-likeness (QED) is 0.789. The van der Waals surface area contributed by atoms with Crippen LogP contribution >= 0.6 is 0 Å². The van der Waals surface area contributed by atoms with Gasteiger partial charge in [0.25, 0.3) is 0 Å². The van der Waals surface area contributed by atoms with Crippen LogP contribution in [0.3, 0.4) is 0 Å². The van der Waals surface area contributed by atoms with Crippen molar-refractivity contribution in [2.45, 2.75) is 13.0 Å². The first kappa shape index (κ1) is 13.2. The number of nitrogens with one attached hydrogen (secondary N) is 1. The molecule has 0 radical (unpaired) electrons. The molecule has 2 aromatic heterocycles. The van der Waals surface area contributed by atoms with Gasteiger partial charge in [0.05, 0.1) is 18.1 Å². The van der Waals surface area contributed by atoms with Crippen molar-refractivity contribution >= 4 is 5.69 Å². The summed E-state index contributed by atoms with van der Waals surface area (Å²) in [6.07, 6.45) is 7.21. The first-order valence-electron chi connectivity index (χ1n) is 6.87. The van der Waals surface area contributed by atoms with Gasteiger partial charge in [0.15, 0.2) is 5.82 Å². The third-order valence-corrected chi connectivity index (χ3v) is 3.27. The SMILES string of the molecule is CC(Nc1cnc(-c2ccccc2)nc1)c1ccncc1. The number of anilines is 1. The highest BCUT2D eigenvalue weighted by Crippen LogP contribution is 2.19. The molecule has 2 heterocycles. The van der Waals surface area contributed by atoms with Gasteiger partial charge in [0.2, 0.25) is 0 Å². The molecule has 1 aromatic carbocycles. The molecule has 1 atom stereocenters. The Morgan fingerprint density at radius 3 is 2.24 bits per heavy atom. The van der Waals surface area contributed by atoms with Gasteiger partial charge in [-0.05, 0) is 24.6 Å². The van der Waals surface area contributed by atoms with E-state index in [1.807, 2.05) is 54.9 Å². The Kier molecular flexibility index (Phi) is 3.87. The van der Waals surface area contributed by atoms with Crippen LogP contribution in [-0.4, -0.2) is 15.0 Å². The van der Waals surface area contributed by atoms with Crippen LogP contribution in [0.25, 0.3) is 11.4 Å². The van der Waals surface area contributed by atoms with E-state index in [0.29, 0.717) is 0 Å². The zero-order valence-corrected chi connectivity index (χ0v) is 11.8. The minimum absolute atomic E-state index is 0.180. The summed E-state index contributed by atoms with van der Waals surface area (Å²) >= 11 is 0. The Labute approximate surface area is 123 Å². The topological polar surface area (TPSA) is 50.7 Å². The van der Waals surface area contributed by atoms with Gasteiger partial charge in [0.1, 0.15) is 0 Å². The van der Waals surface area contributed by atoms with Crippen LogP contribution < -0.4 is 5.32 Å². The van der Waals surface area contributed by atoms with Crippen LogP contribution in [0.4, 0.5) is 5.69 Å². The van der Waals surface area contributed by atoms with Gasteiger partial charge in [-0.1, -0.05) is 30.3 Å². The highest BCUT2D eigenvalue weighted by molar-refractivity contribution is 5.55. The second kappa shape index (κ2) is 6.13. The van der Waals surface area contributed by atoms with Crippen molar-refractivity contribution in [2.75, 3.05) is 5.32 Å². The number of pyridine rings is 1. The molecule has 0 saturated heterocycles. The molecule has 21 heavy (non-hydrogen) atoms. The molecule has 0 aliphatic carbocycles. The van der Waals surface area contributed by atoms with Crippen molar-refractivity contribution in [3.05, 3.63) is 72.8 Å². The molecule has 0 bridgehead atoms. The van der Waals surface area contributed by atoms with Gasteiger partial charge in [-0.15, -0.1) is 0 Å². The summed E-state index contributed by atoms with van der Waals surface area (Å²) in [5.74, 6) is 0.734. The smallest absolute Gasteiger partial charge is 0.159 e. The second-order valence-corrected chi connectivity index (χ2v) is 4.81. The van der Waals surface area contributed by atoms with E-state index in [1.165, 1.54) is 5.56 Å². The molecule has 3 rings (SSSR count). The Hall–Kier alpha value is -2.75. The highest BCUT2D eigenvalue weighted by Gasteiger charge is 2.06. The molecular formula is C17H16N4. The lowest BCUT2D eigenvalue weighted by atomic mass is 10.1. The van der Waals surface area contributed by atoms with Crippen molar-refractivity contribution in [2.24, 2.45) is 0 Å². The molecule has 0 amide bonds. The van der Waals surface area contributed by atoms with Gasteiger partial charge >= 0.3 is 0 Å². The molecule has 104 valence electrons. The molecule has 0 spiro atoms. The maximum absolute atomic E-state index is 4.41. The summed E-state index contributed by atoms with van der Waals surface area (Å²) < 4.78 is 0. The van der Waals surface area contributed by atoms with Gasteiger partial charge in [-0.2, -0.15) is 0 Å². The van der Waals surface area contributed by atoms with Crippen molar-refractivity contribution in [1.82, 2.24) is 15.0 Å². The number of benzene rings is 1. The van der Waals surface area contributed by atoms with E-state index in [4.69, 9.17) is 0 Å². The summed E-state index contributed by atoms with van der Waals surface area (Å²) in [5.41, 5.74) is 3.10. The van der Waals surface area contributed by atoms with Crippen molar-refractivity contribution < 1.29 is 0 Å². The lowest BCUT2D eigenvalue weighted by Gasteiger charge is -2.15. The van der Waals surface area contributed by atoms with E-state index in [9.17, 15) is 0 Å². The lowest BCUT2D eigenvalue weighted by molar-refractivity contribution is 0.876. The zero-order valence-electron chi connectivity index (χ0n) is 11.8. The van der Waals surface area contributed by atoms with E-state index in [0.717, 1.165) is 17.1 Å². The van der Waals surface area contributed by atoms with E-state index < -0.39 is 0 Å². The van der Waals surface area contributed by atoms with Crippen LogP contribution in [-0.2, 0) is 0 Å². The molecule has 0 aliphatic rings. The lowest BCUT2D eigenvalue weighted by Crippen LogP contribution is -2.07. The molecule has 1 unspecified atom stereocenters. The largest absolute Gasteiger partial charge is 0.376 e. The minimum atomic E-state index is 0.180. The van der Waals surface area contributed by atoms with Crippen LogP contribution in [0, 0.1) is 0 Å². The van der Waals surface area contributed by atoms with Gasteiger partial charge in [-0.3, -0.25) is 4.98 Å². The summed E-state index contributed by atoms with van der Waals surface area (Å²) in [5, 5.41) is 3.38. The Balaban J connectivity index is 1.73.